The van der Waals surface area contributed by atoms with Gasteiger partial charge in [0.25, 0.3) is 0 Å². The predicted octanol–water partition coefficient (Wildman–Crippen LogP) is 3.29. The van der Waals surface area contributed by atoms with Crippen molar-refractivity contribution in [3.63, 3.8) is 0 Å². The van der Waals surface area contributed by atoms with Gasteiger partial charge in [-0.05, 0) is 30.2 Å². The van der Waals surface area contributed by atoms with Gasteiger partial charge in [-0.2, -0.15) is 0 Å². The van der Waals surface area contributed by atoms with E-state index in [0.29, 0.717) is 17.1 Å². The summed E-state index contributed by atoms with van der Waals surface area (Å²) >= 11 is 1.38. The molecule has 0 fully saturated rings. The molecule has 0 bridgehead atoms. The molecule has 0 aliphatic heterocycles. The minimum atomic E-state index is -0.857. The highest BCUT2D eigenvalue weighted by Crippen LogP contribution is 2.27. The summed E-state index contributed by atoms with van der Waals surface area (Å²) < 4.78 is 26.0. The molecule has 0 saturated carbocycles. The summed E-state index contributed by atoms with van der Waals surface area (Å²) in [5.41, 5.74) is 6.27. The van der Waals surface area contributed by atoms with Crippen LogP contribution in [0.5, 0.6) is 0 Å². The molecule has 0 aliphatic carbocycles. The Morgan fingerprint density at radius 2 is 1.76 bits per heavy atom. The molecule has 0 heterocycles. The Morgan fingerprint density at radius 1 is 1.05 bits per heavy atom. The van der Waals surface area contributed by atoms with E-state index in [0.717, 1.165) is 11.6 Å². The molecule has 5 heteroatoms. The minimum Gasteiger partial charge on any atom is -0.394 e. The summed E-state index contributed by atoms with van der Waals surface area (Å²) in [4.78, 5) is 0.641. The van der Waals surface area contributed by atoms with Crippen molar-refractivity contribution in [3.05, 3.63) is 65.7 Å². The van der Waals surface area contributed by atoms with E-state index in [9.17, 15) is 13.9 Å². The Bertz CT molecular complexity index is 594. The van der Waals surface area contributed by atoms with Gasteiger partial charge >= 0.3 is 0 Å². The molecule has 2 nitrogen and oxygen atoms in total. The lowest BCUT2D eigenvalue weighted by atomic mass is 9.89. The third-order valence-electron chi connectivity index (χ3n) is 3.34. The molecule has 3 N–H and O–H groups in total. The van der Waals surface area contributed by atoms with Gasteiger partial charge in [-0.15, -0.1) is 11.8 Å². The fourth-order valence-corrected chi connectivity index (χ4v) is 3.06. The fraction of sp³-hybridized carbons (Fsp3) is 0.250. The summed E-state index contributed by atoms with van der Waals surface area (Å²) in [6.07, 6.45) is 0.525. The summed E-state index contributed by atoms with van der Waals surface area (Å²) in [6, 6.07) is 13.2. The second kappa shape index (κ2) is 7.02. The largest absolute Gasteiger partial charge is 0.394 e. The fourth-order valence-electron chi connectivity index (χ4n) is 2.00. The Balaban J connectivity index is 1.99. The first-order chi connectivity index (χ1) is 10.0. The number of rotatable bonds is 6. The highest BCUT2D eigenvalue weighted by Gasteiger charge is 2.25. The second-order valence-corrected chi connectivity index (χ2v) is 6.02. The zero-order valence-electron chi connectivity index (χ0n) is 11.4. The number of thioether (sulfide) groups is 1. The summed E-state index contributed by atoms with van der Waals surface area (Å²) in [7, 11) is 0. The van der Waals surface area contributed by atoms with E-state index in [-0.39, 0.29) is 6.61 Å². The first-order valence-electron chi connectivity index (χ1n) is 6.58. The van der Waals surface area contributed by atoms with Crippen molar-refractivity contribution in [1.82, 2.24) is 0 Å². The quantitative estimate of drug-likeness (QED) is 0.805. The Labute approximate surface area is 127 Å². The van der Waals surface area contributed by atoms with E-state index in [1.165, 1.54) is 23.9 Å². The van der Waals surface area contributed by atoms with Crippen LogP contribution in [0.2, 0.25) is 0 Å². The van der Waals surface area contributed by atoms with Gasteiger partial charge in [0, 0.05) is 10.6 Å². The third kappa shape index (κ3) is 4.03. The van der Waals surface area contributed by atoms with E-state index < -0.39 is 17.2 Å². The Morgan fingerprint density at radius 3 is 2.38 bits per heavy atom. The van der Waals surface area contributed by atoms with Gasteiger partial charge in [0.1, 0.15) is 0 Å². The van der Waals surface area contributed by atoms with Crippen molar-refractivity contribution in [2.24, 2.45) is 5.73 Å². The van der Waals surface area contributed by atoms with Crippen LogP contribution in [0, 0.1) is 11.6 Å². The molecule has 0 spiro atoms. The third-order valence-corrected chi connectivity index (χ3v) is 4.33. The predicted molar refractivity (Wildman–Crippen MR) is 81.1 cm³/mol. The maximum absolute atomic E-state index is 13.1. The Hall–Kier alpha value is -1.43. The molecule has 0 aliphatic rings. The van der Waals surface area contributed by atoms with E-state index in [1.54, 1.807) is 0 Å². The maximum atomic E-state index is 13.1. The van der Waals surface area contributed by atoms with Crippen LogP contribution < -0.4 is 5.73 Å². The highest BCUT2D eigenvalue weighted by molar-refractivity contribution is 7.99. The lowest BCUT2D eigenvalue weighted by Crippen LogP contribution is -2.41. The van der Waals surface area contributed by atoms with Crippen LogP contribution in [0.3, 0.4) is 0 Å². The molecule has 1 unspecified atom stereocenters. The van der Waals surface area contributed by atoms with E-state index in [4.69, 9.17) is 5.73 Å². The second-order valence-electron chi connectivity index (χ2n) is 4.85. The molecule has 0 amide bonds. The zero-order valence-corrected chi connectivity index (χ0v) is 12.2. The number of benzene rings is 2. The summed E-state index contributed by atoms with van der Waals surface area (Å²) in [5.74, 6) is -1.12. The molecular formula is C16H17F2NOS. The van der Waals surface area contributed by atoms with Crippen LogP contribution in [0.1, 0.15) is 12.0 Å². The normalized spacial score (nSPS) is 13.9. The van der Waals surface area contributed by atoms with Crippen LogP contribution in [0.15, 0.2) is 53.4 Å². The molecule has 2 aromatic carbocycles. The number of hydrogen-bond acceptors (Lipinski definition) is 3. The molecular weight excluding hydrogens is 292 g/mol. The van der Waals surface area contributed by atoms with Gasteiger partial charge in [-0.1, -0.05) is 30.3 Å². The van der Waals surface area contributed by atoms with Gasteiger partial charge in [0.15, 0.2) is 11.6 Å². The van der Waals surface area contributed by atoms with Crippen molar-refractivity contribution >= 4 is 11.8 Å². The number of hydrogen-bond donors (Lipinski definition) is 2. The molecule has 21 heavy (non-hydrogen) atoms. The van der Waals surface area contributed by atoms with Gasteiger partial charge in [0.05, 0.1) is 12.1 Å². The van der Waals surface area contributed by atoms with Gasteiger partial charge in [0.2, 0.25) is 0 Å². The van der Waals surface area contributed by atoms with E-state index in [2.05, 4.69) is 0 Å². The smallest absolute Gasteiger partial charge is 0.159 e. The van der Waals surface area contributed by atoms with Crippen LogP contribution in [0.4, 0.5) is 8.78 Å². The number of aliphatic hydroxyl groups is 1. The molecule has 2 aromatic rings. The lowest BCUT2D eigenvalue weighted by molar-refractivity contribution is 0.193. The number of aliphatic hydroxyl groups excluding tert-OH is 1. The monoisotopic (exact) mass is 309 g/mol. The molecule has 0 saturated heterocycles. The van der Waals surface area contributed by atoms with E-state index >= 15 is 0 Å². The van der Waals surface area contributed by atoms with Crippen molar-refractivity contribution in [2.45, 2.75) is 16.9 Å². The summed E-state index contributed by atoms with van der Waals surface area (Å²) in [6.45, 7) is -0.171. The molecule has 1 atom stereocenters. The average Bonchev–Trinajstić information content (AvgIpc) is 2.51. The minimum absolute atomic E-state index is 0.171. The summed E-state index contributed by atoms with van der Waals surface area (Å²) in [5, 5.41) is 9.57. The Kier molecular flexibility index (Phi) is 5.33. The van der Waals surface area contributed by atoms with Crippen LogP contribution in [-0.4, -0.2) is 17.5 Å². The molecule has 0 radical (unpaired) electrons. The molecule has 0 aromatic heterocycles. The topological polar surface area (TPSA) is 46.2 Å². The number of halogens is 2. The van der Waals surface area contributed by atoms with Gasteiger partial charge < -0.3 is 10.8 Å². The first-order valence-corrected chi connectivity index (χ1v) is 7.57. The molecule has 2 rings (SSSR count). The van der Waals surface area contributed by atoms with Crippen LogP contribution in [-0.2, 0) is 5.54 Å². The van der Waals surface area contributed by atoms with Crippen molar-refractivity contribution < 1.29 is 13.9 Å². The highest BCUT2D eigenvalue weighted by atomic mass is 32.2. The lowest BCUT2D eigenvalue weighted by Gasteiger charge is -2.27. The van der Waals surface area contributed by atoms with E-state index in [1.807, 2.05) is 30.3 Å². The zero-order chi connectivity index (χ0) is 15.3. The van der Waals surface area contributed by atoms with Crippen LogP contribution in [0.25, 0.3) is 0 Å². The van der Waals surface area contributed by atoms with Gasteiger partial charge in [-0.3, -0.25) is 0 Å². The standard InChI is InChI=1S/C16H17F2NOS/c17-14-7-6-13(10-15(14)18)21-9-8-16(19,11-20)12-4-2-1-3-5-12/h1-7,10,20H,8-9,11,19H2. The number of nitrogens with two attached hydrogens (primary N) is 1. The average molecular weight is 309 g/mol. The van der Waals surface area contributed by atoms with Crippen molar-refractivity contribution in [1.29, 1.82) is 0 Å². The van der Waals surface area contributed by atoms with Crippen LogP contribution >= 0.6 is 11.8 Å². The molecule has 112 valence electrons. The van der Waals surface area contributed by atoms with Crippen molar-refractivity contribution in [3.8, 4) is 0 Å². The SMILES string of the molecule is NC(CO)(CCSc1ccc(F)c(F)c1)c1ccccc1. The van der Waals surface area contributed by atoms with Crippen molar-refractivity contribution in [2.75, 3.05) is 12.4 Å². The maximum Gasteiger partial charge on any atom is 0.159 e. The van der Waals surface area contributed by atoms with Gasteiger partial charge in [-0.25, -0.2) is 8.78 Å². The first kappa shape index (κ1) is 15.9.